The fraction of sp³-hybridized carbons (Fsp3) is 0.889. The fourth-order valence-corrected chi connectivity index (χ4v) is 6.28. The number of nitrogens with zero attached hydrogens (tertiary/aromatic N) is 1. The average Bonchev–Trinajstić information content (AvgIpc) is 2.44. The van der Waals surface area contributed by atoms with Crippen molar-refractivity contribution in [2.45, 2.75) is 64.6 Å². The van der Waals surface area contributed by atoms with Gasteiger partial charge in [-0.3, -0.25) is 4.79 Å². The molecule has 4 saturated carbocycles. The van der Waals surface area contributed by atoms with Gasteiger partial charge in [0.25, 0.3) is 0 Å². The third-order valence-electron chi connectivity index (χ3n) is 6.45. The molecular formula is C18H28N2O2S. The largest absolute Gasteiger partial charge is 0.372 e. The summed E-state index contributed by atoms with van der Waals surface area (Å²) in [4.78, 5) is 15.2. The van der Waals surface area contributed by atoms with Crippen molar-refractivity contribution in [3.63, 3.8) is 0 Å². The molecule has 1 N–H and O–H groups in total. The van der Waals surface area contributed by atoms with E-state index < -0.39 is 0 Å². The zero-order valence-corrected chi connectivity index (χ0v) is 15.0. The van der Waals surface area contributed by atoms with Gasteiger partial charge in [-0.15, -0.1) is 0 Å². The predicted molar refractivity (Wildman–Crippen MR) is 92.9 cm³/mol. The highest BCUT2D eigenvalue weighted by Crippen LogP contribution is 2.60. The van der Waals surface area contributed by atoms with E-state index in [4.69, 9.17) is 17.0 Å². The molecule has 4 bridgehead atoms. The van der Waals surface area contributed by atoms with E-state index >= 15 is 0 Å². The van der Waals surface area contributed by atoms with Crippen molar-refractivity contribution >= 4 is 23.2 Å². The first-order valence-electron chi connectivity index (χ1n) is 9.19. The molecule has 1 amide bonds. The van der Waals surface area contributed by atoms with E-state index in [2.05, 4.69) is 24.1 Å². The summed E-state index contributed by atoms with van der Waals surface area (Å²) in [6.07, 6.45) is 7.65. The van der Waals surface area contributed by atoms with E-state index in [-0.39, 0.29) is 23.5 Å². The van der Waals surface area contributed by atoms with E-state index in [1.807, 2.05) is 0 Å². The molecule has 4 nitrogen and oxygen atoms in total. The fourth-order valence-electron chi connectivity index (χ4n) is 6.04. The molecule has 1 aliphatic heterocycles. The van der Waals surface area contributed by atoms with Crippen LogP contribution in [0, 0.1) is 23.2 Å². The molecule has 2 unspecified atom stereocenters. The summed E-state index contributed by atoms with van der Waals surface area (Å²) in [5, 5.41) is 3.72. The van der Waals surface area contributed by atoms with Gasteiger partial charge in [0.15, 0.2) is 5.11 Å². The number of rotatable bonds is 1. The van der Waals surface area contributed by atoms with Crippen molar-refractivity contribution in [3.05, 3.63) is 0 Å². The number of amides is 1. The molecule has 0 radical (unpaired) electrons. The Bertz CT molecular complexity index is 476. The SMILES string of the molecule is CC1CN(C(=S)NC(=O)C23CC4CC(CC(C4)C2)C3)CC(C)O1. The second-order valence-electron chi connectivity index (χ2n) is 8.62. The van der Waals surface area contributed by atoms with Crippen molar-refractivity contribution < 1.29 is 9.53 Å². The van der Waals surface area contributed by atoms with Gasteiger partial charge in [0, 0.05) is 13.1 Å². The van der Waals surface area contributed by atoms with Gasteiger partial charge in [0.1, 0.15) is 0 Å². The third kappa shape index (κ3) is 2.91. The zero-order chi connectivity index (χ0) is 16.2. The van der Waals surface area contributed by atoms with Gasteiger partial charge in [-0.2, -0.15) is 0 Å². The lowest BCUT2D eigenvalue weighted by molar-refractivity contribution is -0.144. The van der Waals surface area contributed by atoms with Crippen LogP contribution < -0.4 is 5.32 Å². The highest BCUT2D eigenvalue weighted by Gasteiger charge is 2.54. The van der Waals surface area contributed by atoms with E-state index in [0.29, 0.717) is 5.11 Å². The molecule has 5 rings (SSSR count). The first kappa shape index (κ1) is 15.8. The summed E-state index contributed by atoms with van der Waals surface area (Å²) in [7, 11) is 0. The van der Waals surface area contributed by atoms with Crippen molar-refractivity contribution in [1.29, 1.82) is 0 Å². The van der Waals surface area contributed by atoms with Gasteiger partial charge in [-0.1, -0.05) is 0 Å². The first-order valence-corrected chi connectivity index (χ1v) is 9.60. The second-order valence-corrected chi connectivity index (χ2v) is 9.01. The Morgan fingerprint density at radius 1 is 1.04 bits per heavy atom. The van der Waals surface area contributed by atoms with Gasteiger partial charge in [0.2, 0.25) is 5.91 Å². The number of thiocarbonyl (C=S) groups is 1. The molecule has 4 aliphatic carbocycles. The summed E-state index contributed by atoms with van der Waals surface area (Å²) >= 11 is 5.55. The number of morpholine rings is 1. The monoisotopic (exact) mass is 336 g/mol. The van der Waals surface area contributed by atoms with Crippen LogP contribution in [-0.4, -0.2) is 41.2 Å². The van der Waals surface area contributed by atoms with Gasteiger partial charge < -0.3 is 15.0 Å². The summed E-state index contributed by atoms with van der Waals surface area (Å²) in [6.45, 7) is 5.66. The second kappa shape index (κ2) is 5.69. The zero-order valence-electron chi connectivity index (χ0n) is 14.2. The Balaban J connectivity index is 1.42. The topological polar surface area (TPSA) is 41.6 Å². The van der Waals surface area contributed by atoms with Crippen molar-refractivity contribution in [2.24, 2.45) is 23.2 Å². The molecule has 2 atom stereocenters. The van der Waals surface area contributed by atoms with Gasteiger partial charge in [-0.25, -0.2) is 0 Å². The Morgan fingerprint density at radius 3 is 2.00 bits per heavy atom. The maximum atomic E-state index is 13.1. The molecule has 128 valence electrons. The molecular weight excluding hydrogens is 308 g/mol. The minimum Gasteiger partial charge on any atom is -0.372 e. The molecule has 5 fully saturated rings. The molecule has 0 aromatic carbocycles. The minimum absolute atomic E-state index is 0.123. The number of ether oxygens (including phenoxy) is 1. The highest BCUT2D eigenvalue weighted by atomic mass is 32.1. The number of nitrogens with one attached hydrogen (secondary N) is 1. The van der Waals surface area contributed by atoms with E-state index in [1.165, 1.54) is 19.3 Å². The van der Waals surface area contributed by atoms with Crippen LogP contribution in [0.3, 0.4) is 0 Å². The summed E-state index contributed by atoms with van der Waals surface area (Å²) < 4.78 is 5.76. The van der Waals surface area contributed by atoms with Crippen LogP contribution in [0.1, 0.15) is 52.4 Å². The molecule has 0 aromatic rings. The lowest BCUT2D eigenvalue weighted by Gasteiger charge is -2.55. The maximum Gasteiger partial charge on any atom is 0.232 e. The average molecular weight is 337 g/mol. The number of carbonyl (C=O) groups is 1. The van der Waals surface area contributed by atoms with Crippen LogP contribution in [0.5, 0.6) is 0 Å². The molecule has 0 spiro atoms. The number of hydrogen-bond donors (Lipinski definition) is 1. The lowest BCUT2D eigenvalue weighted by Crippen LogP contribution is -2.58. The Hall–Kier alpha value is -0.680. The Kier molecular flexibility index (Phi) is 3.92. The summed E-state index contributed by atoms with van der Waals surface area (Å²) in [5.74, 6) is 2.55. The molecule has 0 aromatic heterocycles. The van der Waals surface area contributed by atoms with Crippen LogP contribution in [0.25, 0.3) is 0 Å². The molecule has 1 heterocycles. The first-order chi connectivity index (χ1) is 10.9. The van der Waals surface area contributed by atoms with E-state index in [9.17, 15) is 4.79 Å². The quantitative estimate of drug-likeness (QED) is 0.748. The standard InChI is InChI=1S/C18H28N2O2S/c1-11-9-20(10-12(2)22-11)17(23)19-16(21)18-6-13-3-14(7-18)5-15(4-13)8-18/h11-15H,3-10H2,1-2H3,(H,19,21,23). The molecule has 5 heteroatoms. The van der Waals surface area contributed by atoms with Crippen molar-refractivity contribution in [3.8, 4) is 0 Å². The smallest absolute Gasteiger partial charge is 0.232 e. The Morgan fingerprint density at radius 2 is 1.52 bits per heavy atom. The van der Waals surface area contributed by atoms with Crippen LogP contribution in [0.4, 0.5) is 0 Å². The van der Waals surface area contributed by atoms with Gasteiger partial charge in [0.05, 0.1) is 17.6 Å². The highest BCUT2D eigenvalue weighted by molar-refractivity contribution is 7.80. The number of hydrogen-bond acceptors (Lipinski definition) is 3. The van der Waals surface area contributed by atoms with Crippen LogP contribution in [0.15, 0.2) is 0 Å². The van der Waals surface area contributed by atoms with E-state index in [0.717, 1.165) is 50.1 Å². The van der Waals surface area contributed by atoms with Crippen LogP contribution in [-0.2, 0) is 9.53 Å². The summed E-state index contributed by atoms with van der Waals surface area (Å²) in [5.41, 5.74) is -0.123. The summed E-state index contributed by atoms with van der Waals surface area (Å²) in [6, 6.07) is 0. The number of carbonyl (C=O) groups excluding carboxylic acids is 1. The molecule has 5 aliphatic rings. The lowest BCUT2D eigenvalue weighted by atomic mass is 9.49. The maximum absolute atomic E-state index is 13.1. The minimum atomic E-state index is -0.123. The molecule has 1 saturated heterocycles. The van der Waals surface area contributed by atoms with Crippen LogP contribution >= 0.6 is 12.2 Å². The Labute approximate surface area is 144 Å². The van der Waals surface area contributed by atoms with Crippen LogP contribution in [0.2, 0.25) is 0 Å². The predicted octanol–water partition coefficient (Wildman–Crippen LogP) is 2.71. The van der Waals surface area contributed by atoms with Crippen molar-refractivity contribution in [1.82, 2.24) is 10.2 Å². The molecule has 23 heavy (non-hydrogen) atoms. The van der Waals surface area contributed by atoms with Gasteiger partial charge >= 0.3 is 0 Å². The van der Waals surface area contributed by atoms with E-state index in [1.54, 1.807) is 0 Å². The third-order valence-corrected chi connectivity index (χ3v) is 6.81. The van der Waals surface area contributed by atoms with Gasteiger partial charge in [-0.05, 0) is 82.3 Å². The normalized spacial score (nSPS) is 45.1. The van der Waals surface area contributed by atoms with Crippen molar-refractivity contribution in [2.75, 3.05) is 13.1 Å².